The van der Waals surface area contributed by atoms with Crippen LogP contribution in [0.25, 0.3) is 0 Å². The van der Waals surface area contributed by atoms with Crippen molar-refractivity contribution in [3.05, 3.63) is 0 Å². The fourth-order valence-corrected chi connectivity index (χ4v) is 2.42. The van der Waals surface area contributed by atoms with Crippen molar-refractivity contribution in [1.82, 2.24) is 10.2 Å². The molecular weight excluding hydrogens is 240 g/mol. The molecule has 0 aliphatic carbocycles. The van der Waals surface area contributed by atoms with Crippen molar-refractivity contribution in [3.8, 4) is 0 Å². The molecule has 0 bridgehead atoms. The molecule has 0 aromatic carbocycles. The van der Waals surface area contributed by atoms with Crippen LogP contribution in [0.1, 0.15) is 26.7 Å². The molecule has 1 rings (SSSR count). The SMILES string of the molecule is CN(CC1CCCN1)C(=O)C(C)(C)S(C)(=O)=O. The number of likely N-dealkylation sites (N-methyl/N-ethyl adjacent to an activating group) is 1. The van der Waals surface area contributed by atoms with Crippen LogP contribution >= 0.6 is 0 Å². The molecule has 1 heterocycles. The molecular formula is C11H22N2O3S. The quantitative estimate of drug-likeness (QED) is 0.775. The summed E-state index contributed by atoms with van der Waals surface area (Å²) in [5, 5.41) is 3.29. The Hall–Kier alpha value is -0.620. The Kier molecular flexibility index (Phi) is 4.19. The van der Waals surface area contributed by atoms with Crippen molar-refractivity contribution in [1.29, 1.82) is 0 Å². The number of nitrogens with one attached hydrogen (secondary N) is 1. The molecule has 1 unspecified atom stereocenters. The smallest absolute Gasteiger partial charge is 0.243 e. The Morgan fingerprint density at radius 2 is 2.06 bits per heavy atom. The van der Waals surface area contributed by atoms with E-state index < -0.39 is 14.6 Å². The van der Waals surface area contributed by atoms with Crippen LogP contribution in [0.4, 0.5) is 0 Å². The Labute approximate surface area is 103 Å². The number of amides is 1. The molecule has 1 amide bonds. The molecule has 0 radical (unpaired) electrons. The minimum Gasteiger partial charge on any atom is -0.343 e. The number of hydrogen-bond acceptors (Lipinski definition) is 4. The lowest BCUT2D eigenvalue weighted by Crippen LogP contribution is -2.51. The van der Waals surface area contributed by atoms with Crippen molar-refractivity contribution < 1.29 is 13.2 Å². The lowest BCUT2D eigenvalue weighted by Gasteiger charge is -2.29. The number of nitrogens with zero attached hydrogens (tertiary/aromatic N) is 1. The van der Waals surface area contributed by atoms with Crippen LogP contribution in [0.5, 0.6) is 0 Å². The second-order valence-corrected chi connectivity index (χ2v) is 7.83. The van der Waals surface area contributed by atoms with Gasteiger partial charge in [0.25, 0.3) is 0 Å². The van der Waals surface area contributed by atoms with Crippen LogP contribution in [-0.4, -0.2) is 56.4 Å². The van der Waals surface area contributed by atoms with Crippen molar-refractivity contribution in [3.63, 3.8) is 0 Å². The third-order valence-corrected chi connectivity index (χ3v) is 5.47. The molecule has 6 heteroatoms. The van der Waals surface area contributed by atoms with E-state index in [1.807, 2.05) is 0 Å². The van der Waals surface area contributed by atoms with E-state index in [9.17, 15) is 13.2 Å². The average molecular weight is 262 g/mol. The van der Waals surface area contributed by atoms with Crippen molar-refractivity contribution in [2.24, 2.45) is 0 Å². The summed E-state index contributed by atoms with van der Waals surface area (Å²) < 4.78 is 21.8. The number of rotatable bonds is 4. The molecule has 0 aromatic heterocycles. The van der Waals surface area contributed by atoms with Gasteiger partial charge in [0.1, 0.15) is 4.75 Å². The first-order valence-corrected chi connectivity index (χ1v) is 7.74. The summed E-state index contributed by atoms with van der Waals surface area (Å²) in [4.78, 5) is 13.6. The summed E-state index contributed by atoms with van der Waals surface area (Å²) in [6.07, 6.45) is 3.26. The molecule has 1 saturated heterocycles. The average Bonchev–Trinajstić information content (AvgIpc) is 2.67. The van der Waals surface area contributed by atoms with Crippen molar-refractivity contribution in [2.45, 2.75) is 37.5 Å². The van der Waals surface area contributed by atoms with Crippen LogP contribution in [0, 0.1) is 0 Å². The van der Waals surface area contributed by atoms with Gasteiger partial charge in [-0.25, -0.2) is 8.42 Å². The van der Waals surface area contributed by atoms with Gasteiger partial charge in [-0.1, -0.05) is 0 Å². The largest absolute Gasteiger partial charge is 0.343 e. The van der Waals surface area contributed by atoms with Gasteiger partial charge in [-0.15, -0.1) is 0 Å². The predicted molar refractivity (Wildman–Crippen MR) is 67.6 cm³/mol. The molecule has 1 atom stereocenters. The maximum absolute atomic E-state index is 12.1. The molecule has 5 nitrogen and oxygen atoms in total. The fraction of sp³-hybridized carbons (Fsp3) is 0.909. The third kappa shape index (κ3) is 3.19. The molecule has 17 heavy (non-hydrogen) atoms. The van der Waals surface area contributed by atoms with Gasteiger partial charge in [-0.3, -0.25) is 4.79 Å². The Morgan fingerprint density at radius 1 is 1.47 bits per heavy atom. The van der Waals surface area contributed by atoms with Crippen LogP contribution in [0.2, 0.25) is 0 Å². The molecule has 1 aliphatic heterocycles. The van der Waals surface area contributed by atoms with E-state index in [0.29, 0.717) is 12.6 Å². The highest BCUT2D eigenvalue weighted by Crippen LogP contribution is 2.18. The molecule has 1 aliphatic rings. The standard InChI is InChI=1S/C11H22N2O3S/c1-11(2,17(4,15)16)10(14)13(3)8-9-6-5-7-12-9/h9,12H,5-8H2,1-4H3. The van der Waals surface area contributed by atoms with Crippen LogP contribution in [0.3, 0.4) is 0 Å². The van der Waals surface area contributed by atoms with E-state index in [0.717, 1.165) is 25.6 Å². The topological polar surface area (TPSA) is 66.5 Å². The first-order valence-electron chi connectivity index (χ1n) is 5.85. The second kappa shape index (κ2) is 4.94. The van der Waals surface area contributed by atoms with Gasteiger partial charge in [0.05, 0.1) is 0 Å². The highest BCUT2D eigenvalue weighted by Gasteiger charge is 2.40. The number of carbonyl (C=O) groups is 1. The highest BCUT2D eigenvalue weighted by molar-refractivity contribution is 7.92. The van der Waals surface area contributed by atoms with Crippen LogP contribution in [0.15, 0.2) is 0 Å². The lowest BCUT2D eigenvalue weighted by atomic mass is 10.1. The zero-order valence-corrected chi connectivity index (χ0v) is 11.8. The minimum absolute atomic E-state index is 0.291. The van der Waals surface area contributed by atoms with E-state index in [1.165, 1.54) is 18.7 Å². The third-order valence-electron chi connectivity index (χ3n) is 3.45. The minimum atomic E-state index is -3.39. The summed E-state index contributed by atoms with van der Waals surface area (Å²) in [6.45, 7) is 4.46. The summed E-state index contributed by atoms with van der Waals surface area (Å²) in [6, 6.07) is 0.291. The van der Waals surface area contributed by atoms with Gasteiger partial charge < -0.3 is 10.2 Å². The Balaban J connectivity index is 2.69. The summed E-state index contributed by atoms with van der Waals surface area (Å²) in [7, 11) is -1.73. The van der Waals surface area contributed by atoms with Gasteiger partial charge in [0.2, 0.25) is 5.91 Å². The van der Waals surface area contributed by atoms with E-state index in [2.05, 4.69) is 5.32 Å². The molecule has 1 N–H and O–H groups in total. The van der Waals surface area contributed by atoms with E-state index in [4.69, 9.17) is 0 Å². The van der Waals surface area contributed by atoms with Gasteiger partial charge in [0, 0.05) is 25.9 Å². The van der Waals surface area contributed by atoms with E-state index in [1.54, 1.807) is 7.05 Å². The normalized spacial score (nSPS) is 21.5. The predicted octanol–water partition coefficient (Wildman–Crippen LogP) is 0.0200. The first kappa shape index (κ1) is 14.4. The molecule has 0 spiro atoms. The van der Waals surface area contributed by atoms with Gasteiger partial charge in [-0.2, -0.15) is 0 Å². The van der Waals surface area contributed by atoms with Crippen LogP contribution in [-0.2, 0) is 14.6 Å². The maximum atomic E-state index is 12.1. The molecule has 1 fully saturated rings. The summed E-state index contributed by atoms with van der Waals surface area (Å²) in [5.41, 5.74) is 0. The molecule has 100 valence electrons. The fourth-order valence-electron chi connectivity index (χ4n) is 1.94. The monoisotopic (exact) mass is 262 g/mol. The van der Waals surface area contributed by atoms with Crippen molar-refractivity contribution in [2.75, 3.05) is 26.4 Å². The lowest BCUT2D eigenvalue weighted by molar-refractivity contribution is -0.132. The Bertz CT molecular complexity index is 384. The highest BCUT2D eigenvalue weighted by atomic mass is 32.2. The van der Waals surface area contributed by atoms with Gasteiger partial charge in [0.15, 0.2) is 9.84 Å². The summed E-state index contributed by atoms with van der Waals surface area (Å²) >= 11 is 0. The van der Waals surface area contributed by atoms with Gasteiger partial charge in [-0.05, 0) is 33.2 Å². The summed E-state index contributed by atoms with van der Waals surface area (Å²) in [5.74, 6) is -0.339. The number of hydrogen-bond donors (Lipinski definition) is 1. The number of carbonyl (C=O) groups excluding carboxylic acids is 1. The van der Waals surface area contributed by atoms with E-state index in [-0.39, 0.29) is 5.91 Å². The maximum Gasteiger partial charge on any atom is 0.243 e. The molecule has 0 saturated carbocycles. The molecule has 0 aromatic rings. The van der Waals surface area contributed by atoms with Crippen molar-refractivity contribution >= 4 is 15.7 Å². The zero-order valence-electron chi connectivity index (χ0n) is 11.0. The van der Waals surface area contributed by atoms with Crippen LogP contribution < -0.4 is 5.32 Å². The zero-order chi connectivity index (χ0) is 13.3. The van der Waals surface area contributed by atoms with E-state index >= 15 is 0 Å². The number of sulfone groups is 1. The van der Waals surface area contributed by atoms with Gasteiger partial charge >= 0.3 is 0 Å². The Morgan fingerprint density at radius 3 is 2.47 bits per heavy atom. The first-order chi connectivity index (χ1) is 7.66. The second-order valence-electron chi connectivity index (χ2n) is 5.26.